The van der Waals surface area contributed by atoms with Gasteiger partial charge in [0, 0.05) is 5.69 Å². The minimum atomic E-state index is -3.89. The summed E-state index contributed by atoms with van der Waals surface area (Å²) >= 11 is 0. The van der Waals surface area contributed by atoms with Crippen molar-refractivity contribution in [1.29, 1.82) is 0 Å². The van der Waals surface area contributed by atoms with Gasteiger partial charge in [0.05, 0.1) is 10.6 Å². The van der Waals surface area contributed by atoms with Crippen molar-refractivity contribution in [2.75, 3.05) is 16.6 Å². The first-order valence-corrected chi connectivity index (χ1v) is 10.3. The van der Waals surface area contributed by atoms with Crippen LogP contribution in [0.2, 0.25) is 0 Å². The molecule has 0 saturated heterocycles. The van der Waals surface area contributed by atoms with Gasteiger partial charge in [-0.15, -0.1) is 0 Å². The summed E-state index contributed by atoms with van der Waals surface area (Å²) in [4.78, 5) is 11.9. The lowest BCUT2D eigenvalue weighted by Gasteiger charge is -2.12. The van der Waals surface area contributed by atoms with Crippen LogP contribution in [0.25, 0.3) is 0 Å². The highest BCUT2D eigenvalue weighted by molar-refractivity contribution is 7.92. The van der Waals surface area contributed by atoms with E-state index in [2.05, 4.69) is 10.0 Å². The zero-order valence-corrected chi connectivity index (χ0v) is 16.7. The largest absolute Gasteiger partial charge is 0.483 e. The maximum absolute atomic E-state index is 13.6. The van der Waals surface area contributed by atoms with E-state index < -0.39 is 27.6 Å². The Hall–Kier alpha value is -3.46. The number of sulfonamides is 1. The molecule has 0 aliphatic carbocycles. The number of carbonyl (C=O) groups is 1. The summed E-state index contributed by atoms with van der Waals surface area (Å²) in [5, 5.41) is 2.40. The minimum absolute atomic E-state index is 0.0208. The molecule has 156 valence electrons. The van der Waals surface area contributed by atoms with Crippen LogP contribution >= 0.6 is 0 Å². The van der Waals surface area contributed by atoms with Crippen molar-refractivity contribution in [2.45, 2.75) is 11.8 Å². The molecule has 0 aromatic heterocycles. The van der Waals surface area contributed by atoms with Crippen LogP contribution in [0.1, 0.15) is 5.56 Å². The molecular weight excluding hydrogens is 414 g/mol. The third kappa shape index (κ3) is 5.32. The lowest BCUT2D eigenvalue weighted by Crippen LogP contribution is -2.21. The Morgan fingerprint density at radius 2 is 1.70 bits per heavy atom. The third-order valence-corrected chi connectivity index (χ3v) is 5.44. The van der Waals surface area contributed by atoms with Gasteiger partial charge >= 0.3 is 0 Å². The van der Waals surface area contributed by atoms with Crippen LogP contribution in [0.4, 0.5) is 20.2 Å². The number of rotatable bonds is 7. The van der Waals surface area contributed by atoms with E-state index in [4.69, 9.17) is 4.74 Å². The molecule has 0 unspecified atom stereocenters. The summed E-state index contributed by atoms with van der Waals surface area (Å²) in [5.74, 6) is -1.30. The molecule has 30 heavy (non-hydrogen) atoms. The molecule has 9 heteroatoms. The first-order chi connectivity index (χ1) is 14.2. The second-order valence-corrected chi connectivity index (χ2v) is 8.04. The van der Waals surface area contributed by atoms with E-state index in [9.17, 15) is 22.0 Å². The zero-order chi connectivity index (χ0) is 21.7. The van der Waals surface area contributed by atoms with Gasteiger partial charge in [0.2, 0.25) is 0 Å². The number of nitrogens with one attached hydrogen (secondary N) is 2. The molecule has 3 aromatic rings. The number of anilines is 2. The van der Waals surface area contributed by atoms with Crippen LogP contribution in [0.15, 0.2) is 71.6 Å². The van der Waals surface area contributed by atoms with Crippen molar-refractivity contribution >= 4 is 27.3 Å². The maximum Gasteiger partial charge on any atom is 0.262 e. The SMILES string of the molecule is Cc1cc(S(=O)(=O)Nc2ccc(F)cc2)ccc1OCC(=O)Nc1ccccc1F. The number of halogens is 2. The van der Waals surface area contributed by atoms with Crippen LogP contribution in [-0.4, -0.2) is 20.9 Å². The fraction of sp³-hybridized carbons (Fsp3) is 0.0952. The van der Waals surface area contributed by atoms with Gasteiger partial charge in [-0.1, -0.05) is 12.1 Å². The third-order valence-electron chi connectivity index (χ3n) is 4.06. The van der Waals surface area contributed by atoms with Crippen LogP contribution in [0, 0.1) is 18.6 Å². The normalized spacial score (nSPS) is 11.0. The standard InChI is InChI=1S/C21H18F2N2O4S/c1-14-12-17(30(27,28)25-16-8-6-15(22)7-9-16)10-11-20(14)29-13-21(26)24-19-5-3-2-4-18(19)23/h2-12,25H,13H2,1H3,(H,24,26). The number of para-hydroxylation sites is 1. The fourth-order valence-corrected chi connectivity index (χ4v) is 3.72. The van der Waals surface area contributed by atoms with Gasteiger partial charge in [-0.05, 0) is 67.1 Å². The molecule has 3 rings (SSSR count). The average Bonchev–Trinajstić information content (AvgIpc) is 2.70. The number of benzene rings is 3. The summed E-state index contributed by atoms with van der Waals surface area (Å²) in [7, 11) is -3.89. The quantitative estimate of drug-likeness (QED) is 0.589. The number of carbonyl (C=O) groups excluding carboxylic acids is 1. The highest BCUT2D eigenvalue weighted by Crippen LogP contribution is 2.24. The van der Waals surface area contributed by atoms with Crippen molar-refractivity contribution in [2.24, 2.45) is 0 Å². The monoisotopic (exact) mass is 432 g/mol. The van der Waals surface area contributed by atoms with E-state index in [1.807, 2.05) is 0 Å². The van der Waals surface area contributed by atoms with Crippen molar-refractivity contribution in [1.82, 2.24) is 0 Å². The average molecular weight is 432 g/mol. The molecule has 0 fully saturated rings. The first kappa shape index (κ1) is 21.3. The number of aryl methyl sites for hydroxylation is 1. The van der Waals surface area contributed by atoms with Crippen molar-refractivity contribution in [3.63, 3.8) is 0 Å². The van der Waals surface area contributed by atoms with E-state index in [-0.39, 0.29) is 22.9 Å². The molecular formula is C21H18F2N2O4S. The van der Waals surface area contributed by atoms with E-state index in [1.54, 1.807) is 13.0 Å². The van der Waals surface area contributed by atoms with Gasteiger partial charge in [0.25, 0.3) is 15.9 Å². The molecule has 0 bridgehead atoms. The second-order valence-electron chi connectivity index (χ2n) is 6.36. The van der Waals surface area contributed by atoms with Crippen LogP contribution < -0.4 is 14.8 Å². The predicted octanol–water partition coefficient (Wildman–Crippen LogP) is 4.09. The van der Waals surface area contributed by atoms with Crippen LogP contribution in [0.5, 0.6) is 5.75 Å². The molecule has 1 amide bonds. The Morgan fingerprint density at radius 3 is 2.37 bits per heavy atom. The molecule has 0 aliphatic rings. The molecule has 0 aliphatic heterocycles. The smallest absolute Gasteiger partial charge is 0.262 e. The Balaban J connectivity index is 1.65. The zero-order valence-electron chi connectivity index (χ0n) is 15.9. The van der Waals surface area contributed by atoms with Gasteiger partial charge < -0.3 is 10.1 Å². The lowest BCUT2D eigenvalue weighted by molar-refractivity contribution is -0.118. The highest BCUT2D eigenvalue weighted by atomic mass is 32.2. The molecule has 3 aromatic carbocycles. The van der Waals surface area contributed by atoms with E-state index in [0.717, 1.165) is 12.1 Å². The Kier molecular flexibility index (Phi) is 6.31. The summed E-state index contributed by atoms with van der Waals surface area (Å²) in [5.41, 5.74) is 0.742. The fourth-order valence-electron chi connectivity index (χ4n) is 2.58. The van der Waals surface area contributed by atoms with E-state index >= 15 is 0 Å². The molecule has 0 spiro atoms. The predicted molar refractivity (Wildman–Crippen MR) is 109 cm³/mol. The summed E-state index contributed by atoms with van der Waals surface area (Å²) in [6.07, 6.45) is 0. The van der Waals surface area contributed by atoms with Crippen molar-refractivity contribution in [3.05, 3.63) is 83.9 Å². The lowest BCUT2D eigenvalue weighted by atomic mass is 10.2. The number of hydrogen-bond acceptors (Lipinski definition) is 4. The Morgan fingerprint density at radius 1 is 1.00 bits per heavy atom. The van der Waals surface area contributed by atoms with Gasteiger partial charge in [-0.25, -0.2) is 17.2 Å². The molecule has 0 saturated carbocycles. The van der Waals surface area contributed by atoms with Crippen LogP contribution in [-0.2, 0) is 14.8 Å². The first-order valence-electron chi connectivity index (χ1n) is 8.81. The van der Waals surface area contributed by atoms with Crippen LogP contribution in [0.3, 0.4) is 0 Å². The summed E-state index contributed by atoms with van der Waals surface area (Å²) in [6, 6.07) is 14.8. The van der Waals surface area contributed by atoms with Crippen molar-refractivity contribution in [3.8, 4) is 5.75 Å². The Bertz CT molecular complexity index is 1170. The number of amides is 1. The van der Waals surface area contributed by atoms with Gasteiger partial charge in [0.15, 0.2) is 6.61 Å². The molecule has 0 atom stereocenters. The van der Waals surface area contributed by atoms with E-state index in [0.29, 0.717) is 11.3 Å². The van der Waals surface area contributed by atoms with Gasteiger partial charge in [-0.2, -0.15) is 0 Å². The summed E-state index contributed by atoms with van der Waals surface area (Å²) in [6.45, 7) is 1.25. The number of ether oxygens (including phenoxy) is 1. The Labute approximate surface area is 172 Å². The molecule has 6 nitrogen and oxygen atoms in total. The molecule has 0 radical (unpaired) electrons. The molecule has 0 heterocycles. The molecule has 2 N–H and O–H groups in total. The summed E-state index contributed by atoms with van der Waals surface area (Å²) < 4.78 is 59.3. The topological polar surface area (TPSA) is 84.5 Å². The maximum atomic E-state index is 13.6. The van der Waals surface area contributed by atoms with Gasteiger partial charge in [-0.3, -0.25) is 9.52 Å². The minimum Gasteiger partial charge on any atom is -0.483 e. The number of hydrogen-bond donors (Lipinski definition) is 2. The second kappa shape index (κ2) is 8.91. The highest BCUT2D eigenvalue weighted by Gasteiger charge is 2.16. The van der Waals surface area contributed by atoms with E-state index in [1.165, 1.54) is 48.5 Å². The van der Waals surface area contributed by atoms with Gasteiger partial charge in [0.1, 0.15) is 17.4 Å². The van der Waals surface area contributed by atoms with Crippen molar-refractivity contribution < 1.29 is 26.7 Å².